The molecule has 6 heteroatoms. The van der Waals surface area contributed by atoms with Crippen LogP contribution in [-0.4, -0.2) is 27.6 Å². The summed E-state index contributed by atoms with van der Waals surface area (Å²) in [5, 5.41) is 12.1. The summed E-state index contributed by atoms with van der Waals surface area (Å²) in [5.74, 6) is -0.569. The van der Waals surface area contributed by atoms with E-state index in [2.05, 4.69) is 15.3 Å². The van der Waals surface area contributed by atoms with Gasteiger partial charge in [0.05, 0.1) is 10.6 Å². The zero-order valence-corrected chi connectivity index (χ0v) is 10.8. The molecule has 0 saturated heterocycles. The van der Waals surface area contributed by atoms with Crippen molar-refractivity contribution in [3.05, 3.63) is 52.9 Å². The molecule has 0 unspecified atom stereocenters. The molecule has 0 aliphatic rings. The van der Waals surface area contributed by atoms with Crippen molar-refractivity contribution in [2.24, 2.45) is 0 Å². The van der Waals surface area contributed by atoms with Gasteiger partial charge < -0.3 is 10.4 Å². The number of aromatic nitrogens is 2. The second kappa shape index (κ2) is 6.15. The predicted octanol–water partition coefficient (Wildman–Crippen LogP) is 2.48. The number of hydrogen-bond donors (Lipinski definition) is 2. The Bertz CT molecular complexity index is 575. The Hall–Kier alpha value is -2.14. The number of halogens is 1. The van der Waals surface area contributed by atoms with Crippen molar-refractivity contribution in [2.45, 2.75) is 6.42 Å². The Kier molecular flexibility index (Phi) is 4.30. The van der Waals surface area contributed by atoms with E-state index in [0.29, 0.717) is 12.4 Å². The Labute approximate surface area is 115 Å². The summed E-state index contributed by atoms with van der Waals surface area (Å²) in [7, 11) is 0. The molecule has 0 aliphatic heterocycles. The fraction of sp³-hybridized carbons (Fsp3) is 0.154. The molecule has 19 heavy (non-hydrogen) atoms. The first-order chi connectivity index (χ1) is 9.16. The van der Waals surface area contributed by atoms with Gasteiger partial charge in [-0.3, -0.25) is 4.98 Å². The van der Waals surface area contributed by atoms with E-state index < -0.39 is 5.97 Å². The molecule has 0 saturated carbocycles. The molecular weight excluding hydrogens is 266 g/mol. The van der Waals surface area contributed by atoms with Gasteiger partial charge in [0.1, 0.15) is 5.82 Å². The van der Waals surface area contributed by atoms with Crippen LogP contribution in [0.2, 0.25) is 5.02 Å². The minimum atomic E-state index is -1.07. The molecule has 0 atom stereocenters. The summed E-state index contributed by atoms with van der Waals surface area (Å²) >= 11 is 5.74. The molecule has 0 aromatic carbocycles. The molecule has 0 bridgehead atoms. The molecule has 0 radical (unpaired) electrons. The van der Waals surface area contributed by atoms with Gasteiger partial charge in [-0.15, -0.1) is 0 Å². The van der Waals surface area contributed by atoms with Gasteiger partial charge in [0.25, 0.3) is 0 Å². The topological polar surface area (TPSA) is 75.1 Å². The van der Waals surface area contributed by atoms with E-state index in [1.54, 1.807) is 12.4 Å². The maximum atomic E-state index is 10.9. The van der Waals surface area contributed by atoms with Crippen LogP contribution in [0.4, 0.5) is 5.82 Å². The molecular formula is C13H12ClN3O2. The van der Waals surface area contributed by atoms with Gasteiger partial charge >= 0.3 is 5.97 Å². The number of pyridine rings is 2. The van der Waals surface area contributed by atoms with Gasteiger partial charge in [0, 0.05) is 25.1 Å². The Morgan fingerprint density at radius 3 is 2.79 bits per heavy atom. The first-order valence-electron chi connectivity index (χ1n) is 5.68. The molecule has 2 heterocycles. The van der Waals surface area contributed by atoms with Crippen molar-refractivity contribution in [1.29, 1.82) is 0 Å². The van der Waals surface area contributed by atoms with E-state index in [1.807, 2.05) is 12.1 Å². The van der Waals surface area contributed by atoms with Crippen LogP contribution in [0.1, 0.15) is 15.9 Å². The van der Waals surface area contributed by atoms with E-state index in [0.717, 1.165) is 12.0 Å². The van der Waals surface area contributed by atoms with Crippen LogP contribution < -0.4 is 5.32 Å². The number of carbonyl (C=O) groups is 1. The highest BCUT2D eigenvalue weighted by atomic mass is 35.5. The van der Waals surface area contributed by atoms with E-state index >= 15 is 0 Å². The van der Waals surface area contributed by atoms with Gasteiger partial charge in [-0.1, -0.05) is 11.6 Å². The van der Waals surface area contributed by atoms with Crippen LogP contribution in [0.25, 0.3) is 0 Å². The maximum Gasteiger partial charge on any atom is 0.337 e. The monoisotopic (exact) mass is 277 g/mol. The first kappa shape index (κ1) is 13.3. The summed E-state index contributed by atoms with van der Waals surface area (Å²) in [6, 6.07) is 5.29. The summed E-state index contributed by atoms with van der Waals surface area (Å²) in [6.07, 6.45) is 5.60. The Morgan fingerprint density at radius 2 is 2.11 bits per heavy atom. The molecule has 0 aliphatic carbocycles. The third-order valence-corrected chi connectivity index (χ3v) is 2.86. The van der Waals surface area contributed by atoms with Crippen molar-refractivity contribution in [1.82, 2.24) is 9.97 Å². The van der Waals surface area contributed by atoms with Crippen LogP contribution in [0.3, 0.4) is 0 Å². The van der Waals surface area contributed by atoms with Gasteiger partial charge in [-0.25, -0.2) is 9.78 Å². The van der Waals surface area contributed by atoms with Gasteiger partial charge in [0.2, 0.25) is 0 Å². The second-order valence-electron chi connectivity index (χ2n) is 3.89. The molecule has 5 nitrogen and oxygen atoms in total. The quantitative estimate of drug-likeness (QED) is 0.878. The second-order valence-corrected chi connectivity index (χ2v) is 4.29. The first-order valence-corrected chi connectivity index (χ1v) is 6.06. The van der Waals surface area contributed by atoms with E-state index in [-0.39, 0.29) is 10.6 Å². The lowest BCUT2D eigenvalue weighted by molar-refractivity contribution is 0.0697. The smallest absolute Gasteiger partial charge is 0.337 e. The highest BCUT2D eigenvalue weighted by molar-refractivity contribution is 6.33. The zero-order chi connectivity index (χ0) is 13.7. The molecule has 98 valence electrons. The lowest BCUT2D eigenvalue weighted by Gasteiger charge is -2.07. The van der Waals surface area contributed by atoms with Crippen LogP contribution in [0, 0.1) is 0 Å². The molecule has 0 fully saturated rings. The fourth-order valence-electron chi connectivity index (χ4n) is 1.58. The normalized spacial score (nSPS) is 10.2. The number of nitrogens with one attached hydrogen (secondary N) is 1. The van der Waals surface area contributed by atoms with Crippen molar-refractivity contribution in [3.63, 3.8) is 0 Å². The Morgan fingerprint density at radius 1 is 1.37 bits per heavy atom. The summed E-state index contributed by atoms with van der Waals surface area (Å²) in [5.41, 5.74) is 1.19. The van der Waals surface area contributed by atoms with Crippen molar-refractivity contribution >= 4 is 23.4 Å². The number of carboxylic acids is 1. The maximum absolute atomic E-state index is 10.9. The van der Waals surface area contributed by atoms with E-state index in [9.17, 15) is 4.79 Å². The van der Waals surface area contributed by atoms with Crippen LogP contribution in [0.15, 0.2) is 36.8 Å². The van der Waals surface area contributed by atoms with Crippen LogP contribution in [-0.2, 0) is 6.42 Å². The average Bonchev–Trinajstić information content (AvgIpc) is 2.41. The number of nitrogens with zero attached hydrogens (tertiary/aromatic N) is 2. The van der Waals surface area contributed by atoms with Crippen LogP contribution in [0.5, 0.6) is 0 Å². The SMILES string of the molecule is O=C(O)c1cc(NCCc2ccncc2)ncc1Cl. The number of anilines is 1. The molecule has 0 amide bonds. The Balaban J connectivity index is 1.97. The fourth-order valence-corrected chi connectivity index (χ4v) is 1.77. The highest BCUT2D eigenvalue weighted by Gasteiger charge is 2.09. The standard InChI is InChI=1S/C13H12ClN3O2/c14-11-8-17-12(7-10(11)13(18)19)16-6-3-9-1-4-15-5-2-9/h1-2,4-5,7-8H,3,6H2,(H,16,17)(H,18,19). The van der Waals surface area contributed by atoms with E-state index in [4.69, 9.17) is 16.7 Å². The minimum Gasteiger partial charge on any atom is -0.478 e. The minimum absolute atomic E-state index is 0.0445. The highest BCUT2D eigenvalue weighted by Crippen LogP contribution is 2.17. The number of rotatable bonds is 5. The van der Waals surface area contributed by atoms with Crippen molar-refractivity contribution in [3.8, 4) is 0 Å². The van der Waals surface area contributed by atoms with Gasteiger partial charge in [0.15, 0.2) is 0 Å². The summed E-state index contributed by atoms with van der Waals surface area (Å²) < 4.78 is 0. The predicted molar refractivity (Wildman–Crippen MR) is 72.6 cm³/mol. The van der Waals surface area contributed by atoms with Crippen molar-refractivity contribution < 1.29 is 9.90 Å². The lowest BCUT2D eigenvalue weighted by Crippen LogP contribution is -2.08. The largest absolute Gasteiger partial charge is 0.478 e. The van der Waals surface area contributed by atoms with Crippen LogP contribution >= 0.6 is 11.6 Å². The third-order valence-electron chi connectivity index (χ3n) is 2.55. The number of hydrogen-bond acceptors (Lipinski definition) is 4. The number of aromatic carboxylic acids is 1. The van der Waals surface area contributed by atoms with E-state index in [1.165, 1.54) is 12.3 Å². The van der Waals surface area contributed by atoms with Gasteiger partial charge in [-0.05, 0) is 30.2 Å². The molecule has 2 rings (SSSR count). The summed E-state index contributed by atoms with van der Waals surface area (Å²) in [4.78, 5) is 18.9. The lowest BCUT2D eigenvalue weighted by atomic mass is 10.2. The zero-order valence-electron chi connectivity index (χ0n) is 10.0. The molecule has 0 spiro atoms. The van der Waals surface area contributed by atoms with Crippen molar-refractivity contribution in [2.75, 3.05) is 11.9 Å². The molecule has 2 aromatic rings. The third kappa shape index (κ3) is 3.66. The summed E-state index contributed by atoms with van der Waals surface area (Å²) in [6.45, 7) is 0.651. The number of carboxylic acid groups (broad SMARTS) is 1. The average molecular weight is 278 g/mol. The molecule has 2 aromatic heterocycles. The van der Waals surface area contributed by atoms with Gasteiger partial charge in [-0.2, -0.15) is 0 Å². The molecule has 2 N–H and O–H groups in total.